The molecule has 0 bridgehead atoms. The SMILES string of the molecule is COc1ccc(-c2c/c(=N/c3c(C)cc(C)cc3C)n(C)c(NS(C)(=O)=O)n2)cc1OC. The first-order valence-electron chi connectivity index (χ1n) is 9.93. The molecule has 0 saturated carbocycles. The highest BCUT2D eigenvalue weighted by Gasteiger charge is 2.13. The van der Waals surface area contributed by atoms with Gasteiger partial charge >= 0.3 is 0 Å². The summed E-state index contributed by atoms with van der Waals surface area (Å²) in [7, 11) is 1.29. The summed E-state index contributed by atoms with van der Waals surface area (Å²) >= 11 is 0. The lowest BCUT2D eigenvalue weighted by Gasteiger charge is -2.14. The summed E-state index contributed by atoms with van der Waals surface area (Å²) in [5, 5.41) is 0. The van der Waals surface area contributed by atoms with Crippen LogP contribution in [0.25, 0.3) is 11.3 Å². The minimum absolute atomic E-state index is 0.154. The monoisotopic (exact) mass is 456 g/mol. The summed E-state index contributed by atoms with van der Waals surface area (Å²) in [6.45, 7) is 6.05. The third kappa shape index (κ3) is 5.11. The molecular weight excluding hydrogens is 428 g/mol. The Morgan fingerprint density at radius 1 is 0.969 bits per heavy atom. The van der Waals surface area contributed by atoms with Crippen LogP contribution >= 0.6 is 0 Å². The zero-order chi connectivity index (χ0) is 23.6. The van der Waals surface area contributed by atoms with Gasteiger partial charge in [0.2, 0.25) is 16.0 Å². The first-order chi connectivity index (χ1) is 15.0. The average molecular weight is 457 g/mol. The summed E-state index contributed by atoms with van der Waals surface area (Å²) in [4.78, 5) is 9.40. The zero-order valence-electron chi connectivity index (χ0n) is 19.3. The van der Waals surface area contributed by atoms with Crippen LogP contribution in [0.4, 0.5) is 11.6 Å². The number of rotatable bonds is 6. The summed E-state index contributed by atoms with van der Waals surface area (Å²) in [6, 6.07) is 11.3. The van der Waals surface area contributed by atoms with E-state index in [1.165, 1.54) is 0 Å². The number of benzene rings is 2. The van der Waals surface area contributed by atoms with E-state index in [1.54, 1.807) is 38.0 Å². The van der Waals surface area contributed by atoms with Gasteiger partial charge in [-0.3, -0.25) is 9.29 Å². The van der Waals surface area contributed by atoms with Crippen molar-refractivity contribution in [3.05, 3.63) is 58.6 Å². The molecule has 3 rings (SSSR count). The molecule has 0 spiro atoms. The number of anilines is 1. The molecule has 2 aromatic carbocycles. The molecule has 9 heteroatoms. The van der Waals surface area contributed by atoms with E-state index in [1.807, 2.05) is 32.9 Å². The lowest BCUT2D eigenvalue weighted by molar-refractivity contribution is 0.355. The second-order valence-corrected chi connectivity index (χ2v) is 9.43. The van der Waals surface area contributed by atoms with Gasteiger partial charge in [0, 0.05) is 18.7 Å². The van der Waals surface area contributed by atoms with Crippen molar-refractivity contribution >= 4 is 21.7 Å². The molecule has 0 amide bonds. The Kier molecular flexibility index (Phi) is 6.59. The van der Waals surface area contributed by atoms with E-state index in [-0.39, 0.29) is 5.95 Å². The van der Waals surface area contributed by atoms with Gasteiger partial charge in [-0.15, -0.1) is 0 Å². The fourth-order valence-electron chi connectivity index (χ4n) is 3.52. The molecule has 0 aliphatic rings. The number of methoxy groups -OCH3 is 2. The van der Waals surface area contributed by atoms with Crippen LogP contribution in [0.5, 0.6) is 11.5 Å². The molecule has 0 saturated heterocycles. The van der Waals surface area contributed by atoms with Crippen LogP contribution in [0.2, 0.25) is 0 Å². The number of nitrogens with zero attached hydrogens (tertiary/aromatic N) is 3. The van der Waals surface area contributed by atoms with Gasteiger partial charge in [0.25, 0.3) is 0 Å². The Morgan fingerprint density at radius 3 is 2.16 bits per heavy atom. The number of sulfonamides is 1. The van der Waals surface area contributed by atoms with Gasteiger partial charge in [0.1, 0.15) is 5.49 Å². The molecule has 0 atom stereocenters. The largest absolute Gasteiger partial charge is 0.493 e. The minimum Gasteiger partial charge on any atom is -0.493 e. The van der Waals surface area contributed by atoms with Crippen molar-refractivity contribution in [2.75, 3.05) is 25.2 Å². The van der Waals surface area contributed by atoms with Crippen molar-refractivity contribution < 1.29 is 17.9 Å². The Morgan fingerprint density at radius 2 is 1.59 bits per heavy atom. The predicted molar refractivity (Wildman–Crippen MR) is 126 cm³/mol. The van der Waals surface area contributed by atoms with E-state index in [2.05, 4.69) is 21.8 Å². The maximum Gasteiger partial charge on any atom is 0.232 e. The van der Waals surface area contributed by atoms with Crippen molar-refractivity contribution in [1.29, 1.82) is 0 Å². The van der Waals surface area contributed by atoms with Crippen LogP contribution in [-0.4, -0.2) is 38.4 Å². The van der Waals surface area contributed by atoms with Crippen LogP contribution in [-0.2, 0) is 17.1 Å². The van der Waals surface area contributed by atoms with Gasteiger partial charge in [-0.2, -0.15) is 0 Å². The Bertz CT molecular complexity index is 1320. The second kappa shape index (κ2) is 9.04. The van der Waals surface area contributed by atoms with E-state index in [0.717, 1.165) is 34.2 Å². The van der Waals surface area contributed by atoms with Crippen LogP contribution in [0, 0.1) is 20.8 Å². The molecule has 1 N–H and O–H groups in total. The number of ether oxygens (including phenoxy) is 2. The maximum atomic E-state index is 12.0. The summed E-state index contributed by atoms with van der Waals surface area (Å²) in [5.41, 5.74) is 5.87. The van der Waals surface area contributed by atoms with Crippen LogP contribution in [0.15, 0.2) is 41.4 Å². The van der Waals surface area contributed by atoms with Crippen LogP contribution in [0.3, 0.4) is 0 Å². The molecule has 0 fully saturated rings. The molecule has 0 aliphatic heterocycles. The fourth-order valence-corrected chi connectivity index (χ4v) is 4.03. The molecule has 170 valence electrons. The summed E-state index contributed by atoms with van der Waals surface area (Å²) in [6.07, 6.45) is 1.09. The third-order valence-corrected chi connectivity index (χ3v) is 5.52. The number of aryl methyl sites for hydroxylation is 3. The van der Waals surface area contributed by atoms with Gasteiger partial charge in [-0.1, -0.05) is 17.7 Å². The van der Waals surface area contributed by atoms with Crippen molar-refractivity contribution in [3.63, 3.8) is 0 Å². The molecule has 32 heavy (non-hydrogen) atoms. The van der Waals surface area contributed by atoms with Crippen molar-refractivity contribution in [2.24, 2.45) is 12.0 Å². The van der Waals surface area contributed by atoms with Crippen LogP contribution < -0.4 is 19.7 Å². The van der Waals surface area contributed by atoms with Gasteiger partial charge < -0.3 is 9.47 Å². The molecule has 0 radical (unpaired) electrons. The Hall–Kier alpha value is -3.33. The Balaban J connectivity index is 2.30. The second-order valence-electron chi connectivity index (χ2n) is 7.69. The van der Waals surface area contributed by atoms with Gasteiger partial charge in [0.05, 0.1) is 31.9 Å². The first-order valence-corrected chi connectivity index (χ1v) is 11.8. The smallest absolute Gasteiger partial charge is 0.232 e. The van der Waals surface area contributed by atoms with E-state index in [4.69, 9.17) is 14.5 Å². The number of nitrogens with one attached hydrogen (secondary N) is 1. The zero-order valence-corrected chi connectivity index (χ0v) is 20.2. The van der Waals surface area contributed by atoms with E-state index >= 15 is 0 Å². The first kappa shape index (κ1) is 23.3. The lowest BCUT2D eigenvalue weighted by atomic mass is 10.1. The van der Waals surface area contributed by atoms with E-state index in [9.17, 15) is 8.42 Å². The minimum atomic E-state index is -3.55. The third-order valence-electron chi connectivity index (χ3n) is 4.97. The molecule has 3 aromatic rings. The number of hydrogen-bond acceptors (Lipinski definition) is 6. The standard InChI is InChI=1S/C23H28N4O4S/c1-14-10-15(2)22(16(3)11-14)25-21-13-18(24-23(27(21)4)26-32(7,28)29)17-8-9-19(30-5)20(12-17)31-6/h8-13H,1-7H3,(H,24,26)/b25-21-. The molecule has 1 aromatic heterocycles. The number of aromatic nitrogens is 2. The topological polar surface area (TPSA) is 94.8 Å². The normalized spacial score (nSPS) is 12.0. The highest BCUT2D eigenvalue weighted by Crippen LogP contribution is 2.32. The van der Waals surface area contributed by atoms with Crippen molar-refractivity contribution in [2.45, 2.75) is 20.8 Å². The summed E-state index contributed by atoms with van der Waals surface area (Å²) in [5.74, 6) is 1.28. The predicted octanol–water partition coefficient (Wildman–Crippen LogP) is 3.63. The highest BCUT2D eigenvalue weighted by atomic mass is 32.2. The Labute approximate surface area is 188 Å². The average Bonchev–Trinajstić information content (AvgIpc) is 2.71. The number of hydrogen-bond donors (Lipinski definition) is 1. The van der Waals surface area contributed by atoms with E-state index in [0.29, 0.717) is 22.7 Å². The van der Waals surface area contributed by atoms with Gasteiger partial charge in [0.15, 0.2) is 11.5 Å². The van der Waals surface area contributed by atoms with Crippen molar-refractivity contribution in [1.82, 2.24) is 9.55 Å². The highest BCUT2D eigenvalue weighted by molar-refractivity contribution is 7.92. The maximum absolute atomic E-state index is 12.0. The van der Waals surface area contributed by atoms with Crippen LogP contribution in [0.1, 0.15) is 16.7 Å². The summed E-state index contributed by atoms with van der Waals surface area (Å²) < 4.78 is 38.8. The lowest BCUT2D eigenvalue weighted by Crippen LogP contribution is -2.25. The fraction of sp³-hybridized carbons (Fsp3) is 0.304. The van der Waals surface area contributed by atoms with Gasteiger partial charge in [-0.25, -0.2) is 18.4 Å². The van der Waals surface area contributed by atoms with E-state index < -0.39 is 10.0 Å². The molecular formula is C23H28N4O4S. The molecule has 0 unspecified atom stereocenters. The molecule has 8 nitrogen and oxygen atoms in total. The van der Waals surface area contributed by atoms with Gasteiger partial charge in [-0.05, 0) is 50.1 Å². The molecule has 1 heterocycles. The molecule has 0 aliphatic carbocycles. The van der Waals surface area contributed by atoms with Crippen molar-refractivity contribution in [3.8, 4) is 22.8 Å². The quantitative estimate of drug-likeness (QED) is 0.611.